The van der Waals surface area contributed by atoms with Gasteiger partial charge >= 0.3 is 5.97 Å². The number of hydrogen-bond donors (Lipinski definition) is 0. The third-order valence-electron chi connectivity index (χ3n) is 5.50. The van der Waals surface area contributed by atoms with Gasteiger partial charge in [-0.2, -0.15) is 0 Å². The highest BCUT2D eigenvalue weighted by molar-refractivity contribution is 5.89. The normalized spacial score (nSPS) is 15.9. The zero-order valence-electron chi connectivity index (χ0n) is 16.6. The number of rotatable bonds is 5. The maximum atomic E-state index is 13.0. The third-order valence-corrected chi connectivity index (χ3v) is 5.50. The summed E-state index contributed by atoms with van der Waals surface area (Å²) in [6, 6.07) is 19.5. The first kappa shape index (κ1) is 19.0. The van der Waals surface area contributed by atoms with E-state index >= 15 is 0 Å². The van der Waals surface area contributed by atoms with Crippen molar-refractivity contribution in [3.05, 3.63) is 77.4 Å². The zero-order chi connectivity index (χ0) is 20.4. The first-order valence-corrected chi connectivity index (χ1v) is 9.60. The fourth-order valence-corrected chi connectivity index (χ4v) is 3.96. The minimum atomic E-state index is -0.356. The molecule has 0 aromatic heterocycles. The summed E-state index contributed by atoms with van der Waals surface area (Å²) in [6.45, 7) is 0.427. The Morgan fingerprint density at radius 2 is 1.72 bits per heavy atom. The fourth-order valence-electron chi connectivity index (χ4n) is 3.96. The van der Waals surface area contributed by atoms with Gasteiger partial charge in [0.25, 0.3) is 0 Å². The summed E-state index contributed by atoms with van der Waals surface area (Å²) >= 11 is 0. The van der Waals surface area contributed by atoms with Gasteiger partial charge in [0.05, 0.1) is 33.1 Å². The van der Waals surface area contributed by atoms with Crippen LogP contribution in [0.2, 0.25) is 0 Å². The van der Waals surface area contributed by atoms with Crippen LogP contribution in [0.1, 0.15) is 29.2 Å². The number of carbonyl (C=O) groups is 2. The smallest absolute Gasteiger partial charge is 0.307 e. The topological polar surface area (TPSA) is 55.8 Å². The van der Waals surface area contributed by atoms with Crippen LogP contribution in [0.4, 0.5) is 0 Å². The van der Waals surface area contributed by atoms with Crippen molar-refractivity contribution in [2.24, 2.45) is 0 Å². The Bertz CT molecular complexity index is 1060. The molecule has 0 N–H and O–H groups in total. The SMILES string of the molecule is COC(=O)CC1c2cc3ccccc3cc2CC(=O)N1Cc1ccc(OC)cc1. The highest BCUT2D eigenvalue weighted by Crippen LogP contribution is 2.37. The second kappa shape index (κ2) is 7.95. The van der Waals surface area contributed by atoms with Crippen molar-refractivity contribution >= 4 is 22.6 Å². The molecule has 0 aliphatic carbocycles. The Balaban J connectivity index is 1.74. The van der Waals surface area contributed by atoms with E-state index in [0.29, 0.717) is 13.0 Å². The van der Waals surface area contributed by atoms with Gasteiger partial charge in [-0.15, -0.1) is 0 Å². The molecule has 4 rings (SSSR count). The standard InChI is InChI=1S/C24H23NO4/c1-28-20-9-7-16(8-10-20)15-25-22(14-24(27)29-2)21-12-18-6-4-3-5-17(18)11-19(21)13-23(25)26/h3-12,22H,13-15H2,1-2H3. The Morgan fingerprint density at radius 1 is 1.03 bits per heavy atom. The van der Waals surface area contributed by atoms with Gasteiger partial charge in [-0.3, -0.25) is 9.59 Å². The molecule has 29 heavy (non-hydrogen) atoms. The van der Waals surface area contributed by atoms with Crippen LogP contribution in [0.3, 0.4) is 0 Å². The van der Waals surface area contributed by atoms with Crippen molar-refractivity contribution in [1.29, 1.82) is 0 Å². The lowest BCUT2D eigenvalue weighted by Gasteiger charge is -2.37. The summed E-state index contributed by atoms with van der Waals surface area (Å²) in [6.07, 6.45) is 0.456. The molecule has 5 heteroatoms. The molecule has 1 heterocycles. The summed E-state index contributed by atoms with van der Waals surface area (Å²) < 4.78 is 10.1. The molecular weight excluding hydrogens is 366 g/mol. The number of methoxy groups -OCH3 is 2. The van der Waals surface area contributed by atoms with Crippen LogP contribution in [-0.2, 0) is 27.3 Å². The predicted molar refractivity (Wildman–Crippen MR) is 111 cm³/mol. The van der Waals surface area contributed by atoms with Crippen molar-refractivity contribution in [2.75, 3.05) is 14.2 Å². The van der Waals surface area contributed by atoms with Crippen molar-refractivity contribution < 1.29 is 19.1 Å². The van der Waals surface area contributed by atoms with E-state index < -0.39 is 0 Å². The van der Waals surface area contributed by atoms with Gasteiger partial charge < -0.3 is 14.4 Å². The number of ether oxygens (including phenoxy) is 2. The van der Waals surface area contributed by atoms with Crippen LogP contribution < -0.4 is 4.74 Å². The number of hydrogen-bond acceptors (Lipinski definition) is 4. The van der Waals surface area contributed by atoms with Gasteiger partial charge in [0.1, 0.15) is 5.75 Å². The molecule has 0 spiro atoms. The van der Waals surface area contributed by atoms with Crippen molar-refractivity contribution in [3.63, 3.8) is 0 Å². The molecule has 1 aliphatic heterocycles. The van der Waals surface area contributed by atoms with E-state index in [1.807, 2.05) is 42.5 Å². The summed E-state index contributed by atoms with van der Waals surface area (Å²) in [7, 11) is 3.00. The summed E-state index contributed by atoms with van der Waals surface area (Å²) in [5.41, 5.74) is 2.98. The van der Waals surface area contributed by atoms with E-state index in [1.165, 1.54) is 7.11 Å². The number of nitrogens with zero attached hydrogens (tertiary/aromatic N) is 1. The van der Waals surface area contributed by atoms with Crippen molar-refractivity contribution in [1.82, 2.24) is 4.90 Å². The molecule has 0 saturated heterocycles. The lowest BCUT2D eigenvalue weighted by atomic mass is 9.87. The number of benzene rings is 3. The van der Waals surface area contributed by atoms with Crippen molar-refractivity contribution in [3.8, 4) is 5.75 Å². The van der Waals surface area contributed by atoms with Gasteiger partial charge in [0.2, 0.25) is 5.91 Å². The molecule has 0 bridgehead atoms. The molecule has 5 nitrogen and oxygen atoms in total. The van der Waals surface area contributed by atoms with Crippen LogP contribution in [0, 0.1) is 0 Å². The quantitative estimate of drug-likeness (QED) is 0.618. The van der Waals surface area contributed by atoms with E-state index in [1.54, 1.807) is 12.0 Å². The predicted octanol–water partition coefficient (Wildman–Crippen LogP) is 4.04. The second-order valence-electron chi connectivity index (χ2n) is 7.24. The third kappa shape index (κ3) is 3.81. The molecule has 148 valence electrons. The molecule has 1 atom stereocenters. The van der Waals surface area contributed by atoms with Crippen molar-refractivity contribution in [2.45, 2.75) is 25.4 Å². The van der Waals surface area contributed by atoms with Gasteiger partial charge in [-0.1, -0.05) is 42.5 Å². The molecule has 1 unspecified atom stereocenters. The number of esters is 1. The lowest BCUT2D eigenvalue weighted by Crippen LogP contribution is -2.40. The van der Waals surface area contributed by atoms with E-state index in [-0.39, 0.29) is 24.3 Å². The molecule has 0 radical (unpaired) electrons. The first-order chi connectivity index (χ1) is 14.1. The zero-order valence-corrected chi connectivity index (χ0v) is 16.6. The average molecular weight is 389 g/mol. The van der Waals surface area contributed by atoms with Crippen LogP contribution in [0.15, 0.2) is 60.7 Å². The summed E-state index contributed by atoms with van der Waals surface area (Å²) in [4.78, 5) is 27.0. The summed E-state index contributed by atoms with van der Waals surface area (Å²) in [5.74, 6) is 0.447. The van der Waals surface area contributed by atoms with E-state index in [9.17, 15) is 9.59 Å². The van der Waals surface area contributed by atoms with E-state index in [0.717, 1.165) is 33.2 Å². The van der Waals surface area contributed by atoms with Gasteiger partial charge in [-0.25, -0.2) is 0 Å². The highest BCUT2D eigenvalue weighted by Gasteiger charge is 2.34. The lowest BCUT2D eigenvalue weighted by molar-refractivity contribution is -0.144. The van der Waals surface area contributed by atoms with Crippen LogP contribution in [0.5, 0.6) is 5.75 Å². The minimum Gasteiger partial charge on any atom is -0.497 e. The minimum absolute atomic E-state index is 0.0116. The monoisotopic (exact) mass is 389 g/mol. The molecule has 3 aromatic carbocycles. The van der Waals surface area contributed by atoms with E-state index in [4.69, 9.17) is 9.47 Å². The van der Waals surface area contributed by atoms with Gasteiger partial charge in [0, 0.05) is 6.54 Å². The molecule has 0 saturated carbocycles. The molecular formula is C24H23NO4. The highest BCUT2D eigenvalue weighted by atomic mass is 16.5. The number of amides is 1. The summed E-state index contributed by atoms with van der Waals surface area (Å²) in [5, 5.41) is 2.19. The fraction of sp³-hybridized carbons (Fsp3) is 0.250. The molecule has 1 aliphatic rings. The van der Waals surface area contributed by atoms with Crippen LogP contribution in [-0.4, -0.2) is 31.0 Å². The van der Waals surface area contributed by atoms with E-state index in [2.05, 4.69) is 18.2 Å². The number of carbonyl (C=O) groups excluding carboxylic acids is 2. The average Bonchev–Trinajstić information content (AvgIpc) is 2.75. The molecule has 3 aromatic rings. The van der Waals surface area contributed by atoms with Gasteiger partial charge in [0.15, 0.2) is 0 Å². The maximum Gasteiger partial charge on any atom is 0.307 e. The molecule has 0 fully saturated rings. The second-order valence-corrected chi connectivity index (χ2v) is 7.24. The van der Waals surface area contributed by atoms with Crippen LogP contribution >= 0.6 is 0 Å². The Labute approximate surface area is 169 Å². The van der Waals surface area contributed by atoms with Crippen LogP contribution in [0.25, 0.3) is 10.8 Å². The maximum absolute atomic E-state index is 13.0. The Kier molecular flexibility index (Phi) is 5.21. The van der Waals surface area contributed by atoms with Gasteiger partial charge in [-0.05, 0) is 45.7 Å². The first-order valence-electron chi connectivity index (χ1n) is 9.60. The number of fused-ring (bicyclic) bond motifs is 2. The molecule has 1 amide bonds. The Hall–Kier alpha value is -3.34. The largest absolute Gasteiger partial charge is 0.497 e. The Morgan fingerprint density at radius 3 is 2.38 bits per heavy atom.